The molecular weight excluding hydrogens is 200 g/mol. The molecule has 0 fully saturated rings. The van der Waals surface area contributed by atoms with Gasteiger partial charge in [0.15, 0.2) is 11.6 Å². The van der Waals surface area contributed by atoms with Crippen LogP contribution in [0, 0.1) is 23.0 Å². The van der Waals surface area contributed by atoms with E-state index in [1.807, 2.05) is 0 Å². The third-order valence-corrected chi connectivity index (χ3v) is 2.45. The molecule has 0 aliphatic rings. The molecule has 0 saturated heterocycles. The average molecular weight is 211 g/mol. The molecule has 0 aliphatic carbocycles. The van der Waals surface area contributed by atoms with Gasteiger partial charge in [0.1, 0.15) is 11.8 Å². The lowest BCUT2D eigenvalue weighted by Crippen LogP contribution is -2.01. The minimum absolute atomic E-state index is 0.117. The Balaban J connectivity index is 3.49. The molecule has 1 rings (SSSR count). The monoisotopic (exact) mass is 211 g/mol. The summed E-state index contributed by atoms with van der Waals surface area (Å²) in [7, 11) is 0. The van der Waals surface area contributed by atoms with Crippen LogP contribution >= 0.6 is 0 Å². The molecule has 0 bridgehead atoms. The van der Waals surface area contributed by atoms with Crippen molar-refractivity contribution in [2.45, 2.75) is 26.2 Å². The number of phenolic OH excluding ortho intramolecular Hbond substituents is 1. The number of phenols is 1. The van der Waals surface area contributed by atoms with Crippen molar-refractivity contribution in [3.63, 3.8) is 0 Å². The summed E-state index contributed by atoms with van der Waals surface area (Å²) in [6, 6.07) is 2.33. The molecule has 1 aromatic carbocycles. The highest BCUT2D eigenvalue weighted by Gasteiger charge is 2.21. The molecule has 1 atom stereocenters. The Kier molecular flexibility index (Phi) is 3.25. The number of hydrogen-bond donors (Lipinski definition) is 1. The summed E-state index contributed by atoms with van der Waals surface area (Å²) in [6.45, 7) is 3.46. The first-order chi connectivity index (χ1) is 7.02. The summed E-state index contributed by atoms with van der Waals surface area (Å²) in [5.74, 6) is -2.95. The van der Waals surface area contributed by atoms with Gasteiger partial charge in [-0.3, -0.25) is 0 Å². The molecule has 0 heterocycles. The molecule has 4 heteroatoms. The smallest absolute Gasteiger partial charge is 0.166 e. The van der Waals surface area contributed by atoms with Gasteiger partial charge in [-0.25, -0.2) is 8.78 Å². The Hall–Kier alpha value is -1.63. The van der Waals surface area contributed by atoms with Crippen LogP contribution in [0.15, 0.2) is 6.07 Å². The van der Waals surface area contributed by atoms with Gasteiger partial charge in [-0.2, -0.15) is 5.26 Å². The fraction of sp³-hybridized carbons (Fsp3) is 0.364. The van der Waals surface area contributed by atoms with Gasteiger partial charge >= 0.3 is 0 Å². The lowest BCUT2D eigenvalue weighted by atomic mass is 9.95. The number of nitriles is 1. The molecule has 0 amide bonds. The highest BCUT2D eigenvalue weighted by molar-refractivity contribution is 5.49. The van der Waals surface area contributed by atoms with Crippen molar-refractivity contribution < 1.29 is 13.9 Å². The number of halogens is 2. The van der Waals surface area contributed by atoms with Gasteiger partial charge in [0.2, 0.25) is 0 Å². The third-order valence-electron chi connectivity index (χ3n) is 2.45. The van der Waals surface area contributed by atoms with Crippen LogP contribution in [-0.2, 0) is 0 Å². The van der Waals surface area contributed by atoms with Gasteiger partial charge in [-0.15, -0.1) is 0 Å². The molecule has 1 N–H and O–H groups in total. The van der Waals surface area contributed by atoms with E-state index in [2.05, 4.69) is 0 Å². The maximum Gasteiger partial charge on any atom is 0.166 e. The number of hydrogen-bond acceptors (Lipinski definition) is 2. The number of rotatable bonds is 2. The zero-order valence-electron chi connectivity index (χ0n) is 8.51. The Bertz CT molecular complexity index is 424. The van der Waals surface area contributed by atoms with Gasteiger partial charge < -0.3 is 5.11 Å². The average Bonchev–Trinajstić information content (AvgIpc) is 2.23. The first-order valence-electron chi connectivity index (χ1n) is 4.63. The normalized spacial score (nSPS) is 12.2. The Morgan fingerprint density at radius 1 is 1.53 bits per heavy atom. The Labute approximate surface area is 86.8 Å². The SMILES string of the molecule is CCC(C)c1c(O)c(C#N)cc(F)c1F. The van der Waals surface area contributed by atoms with Crippen molar-refractivity contribution in [3.8, 4) is 11.8 Å². The second kappa shape index (κ2) is 4.26. The van der Waals surface area contributed by atoms with E-state index in [1.54, 1.807) is 19.9 Å². The van der Waals surface area contributed by atoms with Crippen molar-refractivity contribution in [1.82, 2.24) is 0 Å². The van der Waals surface area contributed by atoms with Crippen molar-refractivity contribution in [3.05, 3.63) is 28.8 Å². The summed E-state index contributed by atoms with van der Waals surface area (Å²) < 4.78 is 26.4. The third kappa shape index (κ3) is 1.91. The van der Waals surface area contributed by atoms with E-state index < -0.39 is 17.4 Å². The van der Waals surface area contributed by atoms with Crippen LogP contribution in [0.25, 0.3) is 0 Å². The van der Waals surface area contributed by atoms with Gasteiger partial charge in [0, 0.05) is 5.56 Å². The summed E-state index contributed by atoms with van der Waals surface area (Å²) in [5, 5.41) is 18.2. The van der Waals surface area contributed by atoms with Crippen molar-refractivity contribution in [2.75, 3.05) is 0 Å². The molecule has 1 aromatic rings. The minimum atomic E-state index is -1.10. The summed E-state index contributed by atoms with van der Waals surface area (Å²) >= 11 is 0. The van der Waals surface area contributed by atoms with E-state index in [0.29, 0.717) is 12.5 Å². The molecule has 0 aromatic heterocycles. The summed E-state index contributed by atoms with van der Waals surface area (Å²) in [5.41, 5.74) is -0.349. The number of aromatic hydroxyl groups is 1. The zero-order chi connectivity index (χ0) is 11.6. The van der Waals surface area contributed by atoms with Crippen molar-refractivity contribution >= 4 is 0 Å². The molecule has 0 aliphatic heterocycles. The van der Waals surface area contributed by atoms with Crippen molar-refractivity contribution in [2.24, 2.45) is 0 Å². The molecular formula is C11H11F2NO. The lowest BCUT2D eigenvalue weighted by Gasteiger charge is -2.13. The molecule has 1 unspecified atom stereocenters. The molecule has 15 heavy (non-hydrogen) atoms. The predicted molar refractivity (Wildman–Crippen MR) is 51.4 cm³/mol. The second-order valence-corrected chi connectivity index (χ2v) is 3.40. The van der Waals surface area contributed by atoms with E-state index in [4.69, 9.17) is 5.26 Å². The van der Waals surface area contributed by atoms with Crippen LogP contribution in [0.2, 0.25) is 0 Å². The zero-order valence-corrected chi connectivity index (χ0v) is 8.51. The molecule has 0 spiro atoms. The fourth-order valence-electron chi connectivity index (χ4n) is 1.38. The highest BCUT2D eigenvalue weighted by Crippen LogP contribution is 2.34. The van der Waals surface area contributed by atoms with Gasteiger partial charge in [0.05, 0.1) is 5.56 Å². The fourth-order valence-corrected chi connectivity index (χ4v) is 1.38. The number of nitrogens with zero attached hydrogens (tertiary/aromatic N) is 1. The number of benzene rings is 1. The molecule has 0 radical (unpaired) electrons. The second-order valence-electron chi connectivity index (χ2n) is 3.40. The van der Waals surface area contributed by atoms with Crippen molar-refractivity contribution in [1.29, 1.82) is 5.26 Å². The Morgan fingerprint density at radius 3 is 2.60 bits per heavy atom. The van der Waals surface area contributed by atoms with Crippen LogP contribution in [-0.4, -0.2) is 5.11 Å². The van der Waals surface area contributed by atoms with E-state index in [1.165, 1.54) is 0 Å². The van der Waals surface area contributed by atoms with E-state index in [0.717, 1.165) is 0 Å². The maximum atomic E-state index is 13.4. The van der Waals surface area contributed by atoms with Crippen LogP contribution in [0.1, 0.15) is 37.3 Å². The first kappa shape index (κ1) is 11.4. The van der Waals surface area contributed by atoms with E-state index in [9.17, 15) is 13.9 Å². The van der Waals surface area contributed by atoms with E-state index in [-0.39, 0.29) is 17.0 Å². The first-order valence-corrected chi connectivity index (χ1v) is 4.63. The standard InChI is InChI=1S/C11H11F2NO/c1-3-6(2)9-10(13)8(12)4-7(5-14)11(9)15/h4,6,15H,3H2,1-2H3. The maximum absolute atomic E-state index is 13.4. The Morgan fingerprint density at radius 2 is 2.13 bits per heavy atom. The predicted octanol–water partition coefficient (Wildman–Crippen LogP) is 3.06. The highest BCUT2D eigenvalue weighted by atomic mass is 19.2. The van der Waals surface area contributed by atoms with E-state index >= 15 is 0 Å². The lowest BCUT2D eigenvalue weighted by molar-refractivity contribution is 0.430. The minimum Gasteiger partial charge on any atom is -0.506 e. The molecule has 2 nitrogen and oxygen atoms in total. The van der Waals surface area contributed by atoms with Gasteiger partial charge in [0.25, 0.3) is 0 Å². The summed E-state index contributed by atoms with van der Waals surface area (Å²) in [6.07, 6.45) is 0.554. The quantitative estimate of drug-likeness (QED) is 0.817. The van der Waals surface area contributed by atoms with Crippen LogP contribution in [0.3, 0.4) is 0 Å². The van der Waals surface area contributed by atoms with Crippen LogP contribution < -0.4 is 0 Å². The largest absolute Gasteiger partial charge is 0.506 e. The van der Waals surface area contributed by atoms with Gasteiger partial charge in [-0.05, 0) is 18.4 Å². The van der Waals surface area contributed by atoms with Gasteiger partial charge in [-0.1, -0.05) is 13.8 Å². The van der Waals surface area contributed by atoms with Crippen LogP contribution in [0.4, 0.5) is 8.78 Å². The summed E-state index contributed by atoms with van der Waals surface area (Å²) in [4.78, 5) is 0. The molecule has 0 saturated carbocycles. The molecule has 80 valence electrons. The van der Waals surface area contributed by atoms with Crippen LogP contribution in [0.5, 0.6) is 5.75 Å². The topological polar surface area (TPSA) is 44.0 Å².